The molecule has 0 heterocycles. The molecule has 8 heteroatoms. The molecule has 0 aliphatic heterocycles. The fourth-order valence-electron chi connectivity index (χ4n) is 2.63. The number of hydrogen-bond acceptors (Lipinski definition) is 6. The zero-order valence-electron chi connectivity index (χ0n) is 17.9. The molecule has 2 aromatic carbocycles. The second-order valence-electron chi connectivity index (χ2n) is 6.64. The molecule has 0 saturated carbocycles. The van der Waals surface area contributed by atoms with Crippen LogP contribution in [0.25, 0.3) is 6.08 Å². The van der Waals surface area contributed by atoms with Gasteiger partial charge in [-0.25, -0.2) is 4.79 Å². The molecule has 0 saturated heterocycles. The van der Waals surface area contributed by atoms with Crippen LogP contribution in [0.3, 0.4) is 0 Å². The maximum absolute atomic E-state index is 10.9. The third kappa shape index (κ3) is 11.3. The van der Waals surface area contributed by atoms with Crippen LogP contribution in [0.1, 0.15) is 28.7 Å². The molecule has 0 spiro atoms. The Bertz CT molecular complexity index is 962. The number of carbonyl (C=O) groups excluding carboxylic acids is 2. The number of carbonyl (C=O) groups is 4. The minimum atomic E-state index is -0.880. The summed E-state index contributed by atoms with van der Waals surface area (Å²) in [6.45, 7) is 0. The van der Waals surface area contributed by atoms with Gasteiger partial charge in [-0.3, -0.25) is 14.4 Å². The van der Waals surface area contributed by atoms with Gasteiger partial charge in [0, 0.05) is 12.5 Å². The lowest BCUT2D eigenvalue weighted by molar-refractivity contribution is -0.140. The molecular formula is C24H26O8. The van der Waals surface area contributed by atoms with Gasteiger partial charge in [0.15, 0.2) is 0 Å². The van der Waals surface area contributed by atoms with Crippen LogP contribution in [0, 0.1) is 0 Å². The van der Waals surface area contributed by atoms with E-state index >= 15 is 0 Å². The van der Waals surface area contributed by atoms with Gasteiger partial charge in [-0.15, -0.1) is 0 Å². The van der Waals surface area contributed by atoms with E-state index in [-0.39, 0.29) is 18.8 Å². The Hall–Kier alpha value is -3.94. The first kappa shape index (κ1) is 26.1. The van der Waals surface area contributed by atoms with E-state index in [0.717, 1.165) is 16.7 Å². The van der Waals surface area contributed by atoms with E-state index in [1.807, 2.05) is 6.07 Å². The highest BCUT2D eigenvalue weighted by Crippen LogP contribution is 2.09. The number of esters is 2. The lowest BCUT2D eigenvalue weighted by atomic mass is 10.0. The van der Waals surface area contributed by atoms with E-state index in [9.17, 15) is 19.2 Å². The van der Waals surface area contributed by atoms with Gasteiger partial charge in [0.1, 0.15) is 0 Å². The smallest absolute Gasteiger partial charge is 0.330 e. The average Bonchev–Trinajstić information content (AvgIpc) is 2.76. The highest BCUT2D eigenvalue weighted by atomic mass is 16.5. The second-order valence-corrected chi connectivity index (χ2v) is 6.64. The van der Waals surface area contributed by atoms with Crippen LogP contribution < -0.4 is 0 Å². The largest absolute Gasteiger partial charge is 0.481 e. The van der Waals surface area contributed by atoms with Crippen molar-refractivity contribution >= 4 is 30.0 Å². The summed E-state index contributed by atoms with van der Waals surface area (Å²) in [6, 6.07) is 14.2. The van der Waals surface area contributed by atoms with Gasteiger partial charge < -0.3 is 19.7 Å². The fraction of sp³-hybridized carbons (Fsp3) is 0.250. The summed E-state index contributed by atoms with van der Waals surface area (Å²) >= 11 is 0. The maximum atomic E-state index is 10.9. The lowest BCUT2D eigenvalue weighted by Crippen LogP contribution is -2.03. The predicted molar refractivity (Wildman–Crippen MR) is 117 cm³/mol. The number of benzene rings is 2. The zero-order valence-corrected chi connectivity index (χ0v) is 17.9. The fourth-order valence-corrected chi connectivity index (χ4v) is 2.63. The summed E-state index contributed by atoms with van der Waals surface area (Å²) < 4.78 is 8.98. The van der Waals surface area contributed by atoms with Crippen molar-refractivity contribution in [2.45, 2.75) is 25.7 Å². The second kappa shape index (κ2) is 14.1. The Morgan fingerprint density at radius 3 is 1.94 bits per heavy atom. The van der Waals surface area contributed by atoms with Crippen molar-refractivity contribution in [1.29, 1.82) is 0 Å². The van der Waals surface area contributed by atoms with E-state index in [2.05, 4.69) is 9.47 Å². The van der Waals surface area contributed by atoms with Crippen molar-refractivity contribution in [3.8, 4) is 0 Å². The Labute approximate surface area is 186 Å². The van der Waals surface area contributed by atoms with Gasteiger partial charge in [-0.1, -0.05) is 48.5 Å². The molecule has 0 atom stereocenters. The highest BCUT2D eigenvalue weighted by Gasteiger charge is 2.04. The molecule has 0 amide bonds. The van der Waals surface area contributed by atoms with Gasteiger partial charge in [0.2, 0.25) is 0 Å². The summed E-state index contributed by atoms with van der Waals surface area (Å²) in [5.74, 6) is -2.44. The van der Waals surface area contributed by atoms with Gasteiger partial charge in [-0.05, 0) is 34.8 Å². The highest BCUT2D eigenvalue weighted by molar-refractivity contribution is 5.87. The van der Waals surface area contributed by atoms with Crippen LogP contribution in [0.5, 0.6) is 0 Å². The third-order valence-corrected chi connectivity index (χ3v) is 4.11. The van der Waals surface area contributed by atoms with Gasteiger partial charge in [-0.2, -0.15) is 0 Å². The quantitative estimate of drug-likeness (QED) is 0.448. The zero-order chi connectivity index (χ0) is 23.9. The summed E-state index contributed by atoms with van der Waals surface area (Å²) in [5.41, 5.74) is 3.16. The van der Waals surface area contributed by atoms with E-state index in [4.69, 9.17) is 10.2 Å². The lowest BCUT2D eigenvalue weighted by Gasteiger charge is -2.03. The number of aryl methyl sites for hydroxylation is 1. The van der Waals surface area contributed by atoms with Crippen LogP contribution in [0.4, 0.5) is 0 Å². The monoisotopic (exact) mass is 442 g/mol. The summed E-state index contributed by atoms with van der Waals surface area (Å²) in [6.07, 6.45) is 3.73. The minimum Gasteiger partial charge on any atom is -0.481 e. The van der Waals surface area contributed by atoms with Crippen LogP contribution in [-0.4, -0.2) is 48.3 Å². The molecule has 8 nitrogen and oxygen atoms in total. The first-order chi connectivity index (χ1) is 15.2. The molecule has 0 fully saturated rings. The van der Waals surface area contributed by atoms with Crippen molar-refractivity contribution in [3.63, 3.8) is 0 Å². The minimum absolute atomic E-state index is 0.00602. The molecule has 0 aliphatic rings. The molecule has 0 radical (unpaired) electrons. The molecular weight excluding hydrogens is 416 g/mol. The summed E-state index contributed by atoms with van der Waals surface area (Å²) in [7, 11) is 2.65. The molecule has 0 bridgehead atoms. The number of carboxylic acids is 2. The van der Waals surface area contributed by atoms with Crippen LogP contribution in [0.15, 0.2) is 54.6 Å². The van der Waals surface area contributed by atoms with E-state index < -0.39 is 17.9 Å². The molecule has 0 aromatic heterocycles. The van der Waals surface area contributed by atoms with Crippen LogP contribution in [0.2, 0.25) is 0 Å². The molecule has 0 aliphatic carbocycles. The van der Waals surface area contributed by atoms with Crippen LogP contribution in [-0.2, 0) is 47.9 Å². The van der Waals surface area contributed by atoms with Gasteiger partial charge >= 0.3 is 23.9 Å². The number of ether oxygens (including phenoxy) is 2. The predicted octanol–water partition coefficient (Wildman–Crippen LogP) is 2.92. The van der Waals surface area contributed by atoms with Crippen molar-refractivity contribution in [2.75, 3.05) is 14.2 Å². The summed E-state index contributed by atoms with van der Waals surface area (Å²) in [4.78, 5) is 42.8. The van der Waals surface area contributed by atoms with E-state index in [1.54, 1.807) is 48.5 Å². The molecule has 2 aromatic rings. The standard InChI is InChI=1S/C12H14O4.C12H12O4/c2*1-16-12(15)6-5-9-3-2-4-10(7-9)8-11(13)14/h2-4,7H,5-6,8H2,1H3,(H,13,14);2-7H,8H2,1H3,(H,13,14)/b;6-5+. The van der Waals surface area contributed by atoms with Crippen LogP contribution >= 0.6 is 0 Å². The molecule has 32 heavy (non-hydrogen) atoms. The molecule has 0 unspecified atom stereocenters. The van der Waals surface area contributed by atoms with E-state index in [0.29, 0.717) is 18.4 Å². The summed E-state index contributed by atoms with van der Waals surface area (Å²) in [5, 5.41) is 17.3. The normalized spacial score (nSPS) is 10.1. The number of aliphatic carboxylic acids is 2. The molecule has 2 N–H and O–H groups in total. The van der Waals surface area contributed by atoms with Gasteiger partial charge in [0.25, 0.3) is 0 Å². The number of hydrogen-bond donors (Lipinski definition) is 2. The van der Waals surface area contributed by atoms with Gasteiger partial charge in [0.05, 0.1) is 27.1 Å². The third-order valence-electron chi connectivity index (χ3n) is 4.11. The Kier molecular flexibility index (Phi) is 11.5. The van der Waals surface area contributed by atoms with Crippen molar-refractivity contribution in [2.24, 2.45) is 0 Å². The number of rotatable bonds is 9. The van der Waals surface area contributed by atoms with E-state index in [1.165, 1.54) is 20.3 Å². The Morgan fingerprint density at radius 1 is 0.812 bits per heavy atom. The topological polar surface area (TPSA) is 127 Å². The Morgan fingerprint density at radius 2 is 1.38 bits per heavy atom. The van der Waals surface area contributed by atoms with Crippen molar-refractivity contribution in [1.82, 2.24) is 0 Å². The first-order valence-corrected chi connectivity index (χ1v) is 9.66. The molecule has 170 valence electrons. The van der Waals surface area contributed by atoms with Crippen molar-refractivity contribution < 1.29 is 38.9 Å². The first-order valence-electron chi connectivity index (χ1n) is 9.66. The average molecular weight is 442 g/mol. The molecule has 2 rings (SSSR count). The maximum Gasteiger partial charge on any atom is 0.330 e. The SMILES string of the molecule is COC(=O)/C=C/c1cccc(CC(=O)O)c1.COC(=O)CCc1cccc(CC(=O)O)c1. The Balaban J connectivity index is 0.000000320. The number of carboxylic acid groups (broad SMARTS) is 2. The number of methoxy groups -OCH3 is 2. The van der Waals surface area contributed by atoms with Crippen molar-refractivity contribution in [3.05, 3.63) is 76.9 Å².